The molecule has 2 aromatic rings. The molecule has 1 N–H and O–H groups in total. The molecule has 2 rings (SSSR count). The smallest absolute Gasteiger partial charge is 0.322 e. The van der Waals surface area contributed by atoms with Crippen molar-refractivity contribution in [2.45, 2.75) is 39.8 Å². The zero-order chi connectivity index (χ0) is 19.0. The number of hydrogen-bond acceptors (Lipinski definition) is 1. The molecule has 0 radical (unpaired) electrons. The minimum atomic E-state index is -4.48. The van der Waals surface area contributed by atoms with Gasteiger partial charge in [0.25, 0.3) is 5.91 Å². The Hall–Kier alpha value is -2.01. The zero-order valence-corrected chi connectivity index (χ0v) is 15.1. The van der Waals surface area contributed by atoms with Crippen molar-refractivity contribution in [1.29, 1.82) is 0 Å². The summed E-state index contributed by atoms with van der Waals surface area (Å²) in [7, 11) is 0. The minimum absolute atomic E-state index is 0.0579. The van der Waals surface area contributed by atoms with E-state index in [2.05, 4.69) is 19.2 Å². The van der Waals surface area contributed by atoms with Crippen LogP contribution in [0.3, 0.4) is 0 Å². The average molecular weight is 372 g/mol. The summed E-state index contributed by atoms with van der Waals surface area (Å²) < 4.78 is 37.8. The van der Waals surface area contributed by atoms with E-state index in [4.69, 9.17) is 11.6 Å². The summed E-state index contributed by atoms with van der Waals surface area (Å²) in [4.78, 5) is 12.0. The van der Waals surface area contributed by atoms with Crippen LogP contribution in [0.15, 0.2) is 42.5 Å². The lowest BCUT2D eigenvalue weighted by Gasteiger charge is -2.10. The number of unbranched alkanes of at least 4 members (excludes halogenated alkanes) is 1. The molecule has 0 saturated heterocycles. The number of carbonyl (C=O) groups is 1. The highest BCUT2D eigenvalue weighted by molar-refractivity contribution is 6.31. The summed E-state index contributed by atoms with van der Waals surface area (Å²) in [6, 6.07) is 9.10. The first-order valence-electron chi connectivity index (χ1n) is 7.93. The van der Waals surface area contributed by atoms with E-state index in [1.807, 2.05) is 0 Å². The quantitative estimate of drug-likeness (QED) is 0.637. The Morgan fingerprint density at radius 1 is 1.08 bits per heavy atom. The van der Waals surface area contributed by atoms with Crippen molar-refractivity contribution >= 4 is 23.2 Å². The molecular formula is C19H21ClF3NO. The molecule has 0 unspecified atom stereocenters. The second-order valence-electron chi connectivity index (χ2n) is 5.50. The van der Waals surface area contributed by atoms with Crippen molar-refractivity contribution in [1.82, 2.24) is 0 Å². The highest BCUT2D eigenvalue weighted by Gasteiger charge is 2.30. The first-order chi connectivity index (χ1) is 11.7. The summed E-state index contributed by atoms with van der Waals surface area (Å²) in [6.45, 7) is 6.13. The van der Waals surface area contributed by atoms with Gasteiger partial charge in [0.15, 0.2) is 0 Å². The van der Waals surface area contributed by atoms with Crippen molar-refractivity contribution in [2.75, 3.05) is 5.32 Å². The Labute approximate surface area is 151 Å². The molecule has 0 fully saturated rings. The Morgan fingerprint density at radius 2 is 1.72 bits per heavy atom. The normalized spacial score (nSPS) is 10.7. The lowest BCUT2D eigenvalue weighted by Crippen LogP contribution is -2.14. The maximum absolute atomic E-state index is 12.6. The number of benzene rings is 2. The number of amides is 1. The Balaban J connectivity index is 0.000000705. The summed E-state index contributed by atoms with van der Waals surface area (Å²) in [5.41, 5.74) is 0.317. The van der Waals surface area contributed by atoms with Crippen molar-refractivity contribution in [3.8, 4) is 0 Å². The maximum atomic E-state index is 12.6. The van der Waals surface area contributed by atoms with Gasteiger partial charge in [-0.25, -0.2) is 0 Å². The lowest BCUT2D eigenvalue weighted by atomic mass is 10.1. The van der Waals surface area contributed by atoms with Crippen LogP contribution in [0.1, 0.15) is 48.2 Å². The summed E-state index contributed by atoms with van der Waals surface area (Å²) in [5, 5.41) is 3.09. The predicted octanol–water partition coefficient (Wildman–Crippen LogP) is 6.73. The largest absolute Gasteiger partial charge is 0.416 e. The second-order valence-corrected chi connectivity index (χ2v) is 5.90. The van der Waals surface area contributed by atoms with Gasteiger partial charge < -0.3 is 5.32 Å². The van der Waals surface area contributed by atoms with Crippen molar-refractivity contribution in [3.63, 3.8) is 0 Å². The molecule has 0 bridgehead atoms. The molecule has 0 atom stereocenters. The minimum Gasteiger partial charge on any atom is -0.322 e. The molecule has 0 heterocycles. The Bertz CT molecular complexity index is 712. The topological polar surface area (TPSA) is 29.1 Å². The fourth-order valence-corrected chi connectivity index (χ4v) is 1.88. The lowest BCUT2D eigenvalue weighted by molar-refractivity contribution is -0.137. The van der Waals surface area contributed by atoms with E-state index in [9.17, 15) is 18.0 Å². The fourth-order valence-electron chi connectivity index (χ4n) is 1.76. The molecule has 0 aromatic heterocycles. The third-order valence-corrected chi connectivity index (χ3v) is 3.79. The molecule has 1 amide bonds. The third-order valence-electron chi connectivity index (χ3n) is 3.37. The van der Waals surface area contributed by atoms with Gasteiger partial charge >= 0.3 is 6.18 Å². The molecule has 136 valence electrons. The molecule has 2 aromatic carbocycles. The van der Waals surface area contributed by atoms with Crippen LogP contribution in [-0.2, 0) is 6.18 Å². The highest BCUT2D eigenvalue weighted by atomic mass is 35.5. The number of alkyl halides is 3. The number of anilines is 1. The second kappa shape index (κ2) is 9.47. The predicted molar refractivity (Wildman–Crippen MR) is 96.2 cm³/mol. The molecule has 0 saturated carbocycles. The van der Waals surface area contributed by atoms with Crippen LogP contribution in [0.25, 0.3) is 0 Å². The van der Waals surface area contributed by atoms with Gasteiger partial charge in [0.1, 0.15) is 0 Å². The van der Waals surface area contributed by atoms with E-state index < -0.39 is 17.6 Å². The zero-order valence-electron chi connectivity index (χ0n) is 14.4. The number of hydrogen-bond donors (Lipinski definition) is 1. The summed E-state index contributed by atoms with van der Waals surface area (Å²) in [6.07, 6.45) is -1.84. The van der Waals surface area contributed by atoms with Gasteiger partial charge in [0, 0.05) is 16.3 Å². The summed E-state index contributed by atoms with van der Waals surface area (Å²) in [5.74, 6) is -0.608. The molecule has 25 heavy (non-hydrogen) atoms. The van der Waals surface area contributed by atoms with E-state index in [1.165, 1.54) is 25.0 Å². The molecule has 2 nitrogen and oxygen atoms in total. The number of rotatable bonds is 3. The van der Waals surface area contributed by atoms with Crippen LogP contribution in [0.5, 0.6) is 0 Å². The Kier molecular flexibility index (Phi) is 7.97. The van der Waals surface area contributed by atoms with Crippen LogP contribution in [0.4, 0.5) is 18.9 Å². The molecule has 6 heteroatoms. The molecular weight excluding hydrogens is 351 g/mol. The summed E-state index contributed by atoms with van der Waals surface area (Å²) >= 11 is 5.87. The van der Waals surface area contributed by atoms with Gasteiger partial charge in [0.05, 0.1) is 5.56 Å². The van der Waals surface area contributed by atoms with Crippen molar-refractivity contribution in [3.05, 3.63) is 64.2 Å². The van der Waals surface area contributed by atoms with Crippen LogP contribution >= 0.6 is 11.6 Å². The van der Waals surface area contributed by atoms with Crippen molar-refractivity contribution in [2.24, 2.45) is 0 Å². The fraction of sp³-hybridized carbons (Fsp3) is 0.316. The maximum Gasteiger partial charge on any atom is 0.416 e. The van der Waals surface area contributed by atoms with Crippen LogP contribution in [0.2, 0.25) is 5.02 Å². The van der Waals surface area contributed by atoms with Crippen LogP contribution in [-0.4, -0.2) is 5.91 Å². The van der Waals surface area contributed by atoms with E-state index >= 15 is 0 Å². The van der Waals surface area contributed by atoms with Gasteiger partial charge in [-0.2, -0.15) is 13.2 Å². The molecule has 0 spiro atoms. The van der Waals surface area contributed by atoms with E-state index in [0.717, 1.165) is 17.7 Å². The number of aryl methyl sites for hydroxylation is 1. The Morgan fingerprint density at radius 3 is 2.24 bits per heavy atom. The number of nitrogens with one attached hydrogen (secondary N) is 1. The van der Waals surface area contributed by atoms with Gasteiger partial charge in [0.2, 0.25) is 0 Å². The van der Waals surface area contributed by atoms with Gasteiger partial charge in [-0.05, 0) is 48.9 Å². The monoisotopic (exact) mass is 371 g/mol. The number of carbonyl (C=O) groups excluding carboxylic acids is 1. The van der Waals surface area contributed by atoms with Crippen LogP contribution < -0.4 is 5.32 Å². The van der Waals surface area contributed by atoms with E-state index in [1.54, 1.807) is 25.1 Å². The first-order valence-corrected chi connectivity index (χ1v) is 8.31. The molecule has 0 aliphatic heterocycles. The van der Waals surface area contributed by atoms with Gasteiger partial charge in [-0.3, -0.25) is 4.79 Å². The van der Waals surface area contributed by atoms with Gasteiger partial charge in [-0.15, -0.1) is 0 Å². The number of halogens is 4. The van der Waals surface area contributed by atoms with Gasteiger partial charge in [-0.1, -0.05) is 44.4 Å². The SMILES string of the molecule is CCCC.Cc1cc(NC(=O)c2cccc(C(F)(F)F)c2)ccc1Cl. The van der Waals surface area contributed by atoms with E-state index in [0.29, 0.717) is 10.7 Å². The van der Waals surface area contributed by atoms with Crippen LogP contribution in [0, 0.1) is 6.92 Å². The van der Waals surface area contributed by atoms with Crippen molar-refractivity contribution < 1.29 is 18.0 Å². The standard InChI is InChI=1S/C15H11ClF3NO.C4H10/c1-9-7-12(5-6-13(9)16)20-14(21)10-3-2-4-11(8-10)15(17,18)19;1-3-4-2/h2-8H,1H3,(H,20,21);3-4H2,1-2H3. The van der Waals surface area contributed by atoms with E-state index in [-0.39, 0.29) is 5.56 Å². The average Bonchev–Trinajstić information content (AvgIpc) is 2.58. The highest BCUT2D eigenvalue weighted by Crippen LogP contribution is 2.29. The third kappa shape index (κ3) is 6.78. The molecule has 0 aliphatic rings. The first kappa shape index (κ1) is 21.0. The molecule has 0 aliphatic carbocycles.